The maximum Gasteiger partial charge on any atom is 0.271 e. The predicted molar refractivity (Wildman–Crippen MR) is 84.3 cm³/mol. The van der Waals surface area contributed by atoms with E-state index in [2.05, 4.69) is 27.5 Å². The first-order chi connectivity index (χ1) is 10.2. The number of aromatic nitrogens is 2. The first-order valence-corrected chi connectivity index (χ1v) is 8.03. The van der Waals surface area contributed by atoms with E-state index in [1.165, 1.54) is 31.9 Å². The summed E-state index contributed by atoms with van der Waals surface area (Å²) in [4.78, 5) is 20.3. The molecule has 0 saturated heterocycles. The predicted octanol–water partition coefficient (Wildman–Crippen LogP) is 2.85. The lowest BCUT2D eigenvalue weighted by Gasteiger charge is -2.26. The highest BCUT2D eigenvalue weighted by Gasteiger charge is 2.18. The standard InChI is InChI=1S/C16H26N4O/c1-3-17-15-11-19-14(10-20-15)16(21)18-9-8-13-6-4-12(2)5-7-13/h10-13H,3-9H2,1-2H3,(H,17,20)(H,18,21). The Balaban J connectivity index is 1.71. The molecule has 1 aliphatic rings. The van der Waals surface area contributed by atoms with Gasteiger partial charge in [0.15, 0.2) is 0 Å². The van der Waals surface area contributed by atoms with E-state index < -0.39 is 0 Å². The molecule has 0 bridgehead atoms. The molecule has 1 fully saturated rings. The lowest BCUT2D eigenvalue weighted by molar-refractivity contribution is 0.0944. The number of hydrogen-bond acceptors (Lipinski definition) is 4. The summed E-state index contributed by atoms with van der Waals surface area (Å²) in [5.41, 5.74) is 0.383. The van der Waals surface area contributed by atoms with Gasteiger partial charge >= 0.3 is 0 Å². The Hall–Kier alpha value is -1.65. The monoisotopic (exact) mass is 290 g/mol. The average Bonchev–Trinajstić information content (AvgIpc) is 2.50. The molecule has 0 spiro atoms. The van der Waals surface area contributed by atoms with E-state index in [4.69, 9.17) is 0 Å². The third-order valence-corrected chi connectivity index (χ3v) is 4.22. The van der Waals surface area contributed by atoms with E-state index in [0.29, 0.717) is 11.5 Å². The number of rotatable bonds is 6. The van der Waals surface area contributed by atoms with Crippen LogP contribution in [0.5, 0.6) is 0 Å². The molecule has 21 heavy (non-hydrogen) atoms. The zero-order valence-electron chi connectivity index (χ0n) is 13.1. The summed E-state index contributed by atoms with van der Waals surface area (Å²) in [6.45, 7) is 5.84. The maximum absolute atomic E-state index is 12.0. The van der Waals surface area contributed by atoms with Crippen LogP contribution in [0.25, 0.3) is 0 Å². The van der Waals surface area contributed by atoms with Crippen molar-refractivity contribution in [3.8, 4) is 0 Å². The molecule has 2 N–H and O–H groups in total. The Bertz CT molecular complexity index is 438. The number of nitrogens with zero attached hydrogens (tertiary/aromatic N) is 2. The Morgan fingerprint density at radius 1 is 1.24 bits per heavy atom. The van der Waals surface area contributed by atoms with Crippen molar-refractivity contribution in [3.05, 3.63) is 18.1 Å². The first-order valence-electron chi connectivity index (χ1n) is 8.03. The SMILES string of the molecule is CCNc1cnc(C(=O)NCCC2CCC(C)CC2)cn1. The second-order valence-corrected chi connectivity index (χ2v) is 5.99. The van der Waals surface area contributed by atoms with Crippen LogP contribution in [0.2, 0.25) is 0 Å². The van der Waals surface area contributed by atoms with Crippen LogP contribution in [0.4, 0.5) is 5.82 Å². The molecule has 0 aromatic carbocycles. The number of hydrogen-bond donors (Lipinski definition) is 2. The number of amides is 1. The molecule has 1 aromatic rings. The molecule has 5 nitrogen and oxygen atoms in total. The fraction of sp³-hybridized carbons (Fsp3) is 0.688. The zero-order valence-corrected chi connectivity index (χ0v) is 13.1. The third-order valence-electron chi connectivity index (χ3n) is 4.22. The van der Waals surface area contributed by atoms with E-state index in [-0.39, 0.29) is 5.91 Å². The normalized spacial score (nSPS) is 21.8. The molecule has 5 heteroatoms. The average molecular weight is 290 g/mol. The molecule has 0 unspecified atom stereocenters. The lowest BCUT2D eigenvalue weighted by Crippen LogP contribution is -2.27. The molecule has 0 atom stereocenters. The summed E-state index contributed by atoms with van der Waals surface area (Å²) in [7, 11) is 0. The van der Waals surface area contributed by atoms with Crippen molar-refractivity contribution in [3.63, 3.8) is 0 Å². The molecule has 0 aliphatic heterocycles. The van der Waals surface area contributed by atoms with Crippen molar-refractivity contribution in [2.45, 2.75) is 46.0 Å². The van der Waals surface area contributed by atoms with Gasteiger partial charge in [0, 0.05) is 13.1 Å². The molecular formula is C16H26N4O. The molecule has 2 rings (SSSR count). The van der Waals surface area contributed by atoms with Gasteiger partial charge in [0.25, 0.3) is 5.91 Å². The minimum Gasteiger partial charge on any atom is -0.369 e. The van der Waals surface area contributed by atoms with Gasteiger partial charge in [-0.15, -0.1) is 0 Å². The second-order valence-electron chi connectivity index (χ2n) is 5.99. The third kappa shape index (κ3) is 4.99. The van der Waals surface area contributed by atoms with E-state index in [1.807, 2.05) is 6.92 Å². The van der Waals surface area contributed by atoms with Gasteiger partial charge in [-0.1, -0.05) is 32.6 Å². The van der Waals surface area contributed by atoms with E-state index >= 15 is 0 Å². The summed E-state index contributed by atoms with van der Waals surface area (Å²) in [6.07, 6.45) is 9.45. The fourth-order valence-electron chi connectivity index (χ4n) is 2.82. The van der Waals surface area contributed by atoms with E-state index in [9.17, 15) is 4.79 Å². The van der Waals surface area contributed by atoms with Crippen LogP contribution in [-0.4, -0.2) is 29.0 Å². The Morgan fingerprint density at radius 3 is 2.62 bits per heavy atom. The quantitative estimate of drug-likeness (QED) is 0.845. The highest BCUT2D eigenvalue weighted by Crippen LogP contribution is 2.29. The number of anilines is 1. The largest absolute Gasteiger partial charge is 0.369 e. The number of carbonyl (C=O) groups is 1. The van der Waals surface area contributed by atoms with Gasteiger partial charge in [0.05, 0.1) is 12.4 Å². The molecule has 1 aliphatic carbocycles. The van der Waals surface area contributed by atoms with E-state index in [0.717, 1.165) is 31.3 Å². The highest BCUT2D eigenvalue weighted by molar-refractivity contribution is 5.91. The summed E-state index contributed by atoms with van der Waals surface area (Å²) in [5.74, 6) is 2.21. The van der Waals surface area contributed by atoms with E-state index in [1.54, 1.807) is 6.20 Å². The van der Waals surface area contributed by atoms with Gasteiger partial charge in [-0.3, -0.25) is 4.79 Å². The van der Waals surface area contributed by atoms with Crippen LogP contribution in [0.3, 0.4) is 0 Å². The van der Waals surface area contributed by atoms with Gasteiger partial charge in [0.1, 0.15) is 11.5 Å². The van der Waals surface area contributed by atoms with Crippen molar-refractivity contribution < 1.29 is 4.79 Å². The minimum absolute atomic E-state index is 0.130. The molecule has 1 aromatic heterocycles. The molecule has 1 amide bonds. The molecule has 0 radical (unpaired) electrons. The summed E-state index contributed by atoms with van der Waals surface area (Å²) in [6, 6.07) is 0. The maximum atomic E-state index is 12.0. The van der Waals surface area contributed by atoms with Crippen LogP contribution in [0.1, 0.15) is 56.4 Å². The van der Waals surface area contributed by atoms with Crippen LogP contribution in [-0.2, 0) is 0 Å². The zero-order chi connectivity index (χ0) is 15.1. The van der Waals surface area contributed by atoms with Crippen LogP contribution in [0.15, 0.2) is 12.4 Å². The van der Waals surface area contributed by atoms with Crippen LogP contribution < -0.4 is 10.6 Å². The van der Waals surface area contributed by atoms with Crippen LogP contribution >= 0.6 is 0 Å². The van der Waals surface area contributed by atoms with Crippen molar-refractivity contribution >= 4 is 11.7 Å². The first kappa shape index (κ1) is 15.7. The molecule has 1 heterocycles. The Kier molecular flexibility index (Phi) is 5.96. The Morgan fingerprint density at radius 2 is 2.00 bits per heavy atom. The van der Waals surface area contributed by atoms with Gasteiger partial charge in [0.2, 0.25) is 0 Å². The topological polar surface area (TPSA) is 66.9 Å². The van der Waals surface area contributed by atoms with Gasteiger partial charge < -0.3 is 10.6 Å². The van der Waals surface area contributed by atoms with Crippen molar-refractivity contribution in [2.75, 3.05) is 18.4 Å². The number of nitrogens with one attached hydrogen (secondary N) is 2. The fourth-order valence-corrected chi connectivity index (χ4v) is 2.82. The molecule has 1 saturated carbocycles. The van der Waals surface area contributed by atoms with Crippen molar-refractivity contribution in [1.29, 1.82) is 0 Å². The second kappa shape index (κ2) is 7.96. The smallest absolute Gasteiger partial charge is 0.271 e. The summed E-state index contributed by atoms with van der Waals surface area (Å²) < 4.78 is 0. The molecular weight excluding hydrogens is 264 g/mol. The number of carbonyl (C=O) groups excluding carboxylic acids is 1. The summed E-state index contributed by atoms with van der Waals surface area (Å²) in [5, 5.41) is 6.01. The van der Waals surface area contributed by atoms with Gasteiger partial charge in [-0.25, -0.2) is 9.97 Å². The lowest BCUT2D eigenvalue weighted by atomic mass is 9.81. The van der Waals surface area contributed by atoms with Crippen molar-refractivity contribution in [1.82, 2.24) is 15.3 Å². The molecule has 116 valence electrons. The van der Waals surface area contributed by atoms with Crippen LogP contribution in [0, 0.1) is 11.8 Å². The van der Waals surface area contributed by atoms with Gasteiger partial charge in [-0.05, 0) is 25.2 Å². The summed E-state index contributed by atoms with van der Waals surface area (Å²) >= 11 is 0. The van der Waals surface area contributed by atoms with Gasteiger partial charge in [-0.2, -0.15) is 0 Å². The minimum atomic E-state index is -0.130. The highest BCUT2D eigenvalue weighted by atomic mass is 16.1. The van der Waals surface area contributed by atoms with Crippen molar-refractivity contribution in [2.24, 2.45) is 11.8 Å². The Labute approximate surface area is 127 Å².